The number of hydrogen-bond donors (Lipinski definition) is 0. The van der Waals surface area contributed by atoms with Crippen LogP contribution >= 0.6 is 0 Å². The molecule has 16 heavy (non-hydrogen) atoms. The Morgan fingerprint density at radius 1 is 1.19 bits per heavy atom. The van der Waals surface area contributed by atoms with E-state index in [0.29, 0.717) is 0 Å². The third-order valence-corrected chi connectivity index (χ3v) is 2.78. The second-order valence-electron chi connectivity index (χ2n) is 4.00. The van der Waals surface area contributed by atoms with Gasteiger partial charge in [-0.05, 0) is 31.0 Å². The first-order valence-electron chi connectivity index (χ1n) is 5.33. The van der Waals surface area contributed by atoms with Gasteiger partial charge in [-0.2, -0.15) is 5.26 Å². The summed E-state index contributed by atoms with van der Waals surface area (Å²) in [6, 6.07) is 14.5. The van der Waals surface area contributed by atoms with Crippen LogP contribution in [0, 0.1) is 25.2 Å². The zero-order valence-corrected chi connectivity index (χ0v) is 9.57. The van der Waals surface area contributed by atoms with Crippen LogP contribution < -0.4 is 0 Å². The Balaban J connectivity index is 2.39. The molecule has 2 nitrogen and oxygen atoms in total. The molecule has 0 saturated carbocycles. The summed E-state index contributed by atoms with van der Waals surface area (Å²) in [5.74, 6) is 0. The van der Waals surface area contributed by atoms with Gasteiger partial charge in [-0.15, -0.1) is 0 Å². The highest BCUT2D eigenvalue weighted by molar-refractivity contribution is 5.36. The van der Waals surface area contributed by atoms with Crippen LogP contribution in [0.5, 0.6) is 0 Å². The quantitative estimate of drug-likeness (QED) is 0.749. The normalized spacial score (nSPS) is 10.1. The fourth-order valence-electron chi connectivity index (χ4n) is 1.97. The van der Waals surface area contributed by atoms with Crippen molar-refractivity contribution < 1.29 is 0 Å². The van der Waals surface area contributed by atoms with Gasteiger partial charge in [0.25, 0.3) is 0 Å². The number of rotatable bonds is 2. The van der Waals surface area contributed by atoms with Gasteiger partial charge < -0.3 is 4.57 Å². The molecule has 0 aliphatic rings. The van der Waals surface area contributed by atoms with Gasteiger partial charge in [0.05, 0.1) is 0 Å². The summed E-state index contributed by atoms with van der Waals surface area (Å²) in [5, 5.41) is 9.12. The van der Waals surface area contributed by atoms with E-state index in [2.05, 4.69) is 28.8 Å². The van der Waals surface area contributed by atoms with E-state index in [-0.39, 0.29) is 0 Å². The molecule has 0 aliphatic heterocycles. The van der Waals surface area contributed by atoms with E-state index in [0.717, 1.165) is 23.5 Å². The maximum Gasteiger partial charge on any atom is 0.123 e. The molecule has 1 aromatic heterocycles. The zero-order chi connectivity index (χ0) is 11.5. The van der Waals surface area contributed by atoms with Gasteiger partial charge in [-0.25, -0.2) is 0 Å². The van der Waals surface area contributed by atoms with Crippen molar-refractivity contribution in [3.63, 3.8) is 0 Å². The molecule has 0 amide bonds. The Kier molecular flexibility index (Phi) is 2.78. The molecule has 2 aromatic rings. The van der Waals surface area contributed by atoms with E-state index in [1.54, 1.807) is 0 Å². The fourth-order valence-corrected chi connectivity index (χ4v) is 1.97. The zero-order valence-electron chi connectivity index (χ0n) is 9.57. The molecule has 1 heterocycles. The molecular weight excluding hydrogens is 196 g/mol. The Morgan fingerprint density at radius 2 is 1.88 bits per heavy atom. The highest BCUT2D eigenvalue weighted by atomic mass is 15.0. The summed E-state index contributed by atoms with van der Waals surface area (Å²) in [4.78, 5) is 0. The van der Waals surface area contributed by atoms with E-state index in [1.165, 1.54) is 5.56 Å². The molecule has 0 unspecified atom stereocenters. The Bertz CT molecular complexity index is 530. The molecule has 2 rings (SSSR count). The van der Waals surface area contributed by atoms with Gasteiger partial charge in [0.1, 0.15) is 11.8 Å². The molecule has 2 heteroatoms. The van der Waals surface area contributed by atoms with Gasteiger partial charge in [0, 0.05) is 12.2 Å². The van der Waals surface area contributed by atoms with E-state index >= 15 is 0 Å². The van der Waals surface area contributed by atoms with Gasteiger partial charge in [0.2, 0.25) is 0 Å². The molecule has 80 valence electrons. The van der Waals surface area contributed by atoms with Crippen molar-refractivity contribution in [2.45, 2.75) is 20.4 Å². The summed E-state index contributed by atoms with van der Waals surface area (Å²) in [7, 11) is 0. The van der Waals surface area contributed by atoms with Gasteiger partial charge >= 0.3 is 0 Å². The SMILES string of the molecule is Cc1cc(C)n(Cc2ccccc2)c1C#N. The lowest BCUT2D eigenvalue weighted by Gasteiger charge is -2.07. The number of hydrogen-bond acceptors (Lipinski definition) is 1. The number of aromatic nitrogens is 1. The van der Waals surface area contributed by atoms with Crippen molar-refractivity contribution in [1.82, 2.24) is 4.57 Å². The maximum atomic E-state index is 9.12. The second kappa shape index (κ2) is 4.24. The predicted octanol–water partition coefficient (Wildman–Crippen LogP) is 3.02. The van der Waals surface area contributed by atoms with Crippen LogP contribution in [0.15, 0.2) is 36.4 Å². The van der Waals surface area contributed by atoms with E-state index in [4.69, 9.17) is 5.26 Å². The maximum absolute atomic E-state index is 9.12. The molecule has 0 spiro atoms. The molecule has 0 saturated heterocycles. The average molecular weight is 210 g/mol. The lowest BCUT2D eigenvalue weighted by atomic mass is 10.2. The summed E-state index contributed by atoms with van der Waals surface area (Å²) in [6.07, 6.45) is 0. The summed E-state index contributed by atoms with van der Waals surface area (Å²) in [5.41, 5.74) is 4.17. The molecule has 1 aromatic carbocycles. The minimum Gasteiger partial charge on any atom is -0.332 e. The Labute approximate surface area is 95.8 Å². The van der Waals surface area contributed by atoms with E-state index in [9.17, 15) is 0 Å². The third-order valence-electron chi connectivity index (χ3n) is 2.78. The van der Waals surface area contributed by atoms with Crippen molar-refractivity contribution in [1.29, 1.82) is 5.26 Å². The van der Waals surface area contributed by atoms with Crippen molar-refractivity contribution in [3.05, 3.63) is 58.9 Å². The minimum atomic E-state index is 0.765. The number of aryl methyl sites for hydroxylation is 2. The van der Waals surface area contributed by atoms with Gasteiger partial charge in [0.15, 0.2) is 0 Å². The fraction of sp³-hybridized carbons (Fsp3) is 0.214. The third kappa shape index (κ3) is 1.85. The average Bonchev–Trinajstić information content (AvgIpc) is 2.55. The largest absolute Gasteiger partial charge is 0.332 e. The number of nitriles is 1. The lowest BCUT2D eigenvalue weighted by Crippen LogP contribution is -2.04. The van der Waals surface area contributed by atoms with Gasteiger partial charge in [-0.1, -0.05) is 30.3 Å². The van der Waals surface area contributed by atoms with Crippen LogP contribution in [0.4, 0.5) is 0 Å². The van der Waals surface area contributed by atoms with E-state index in [1.807, 2.05) is 32.0 Å². The molecule has 0 radical (unpaired) electrons. The first-order chi connectivity index (χ1) is 7.72. The van der Waals surface area contributed by atoms with Crippen LogP contribution in [0.2, 0.25) is 0 Å². The summed E-state index contributed by atoms with van der Waals surface area (Å²) >= 11 is 0. The standard InChI is InChI=1S/C14H14N2/c1-11-8-12(2)16(14(11)9-15)10-13-6-4-3-5-7-13/h3-8H,10H2,1-2H3. The smallest absolute Gasteiger partial charge is 0.123 e. The van der Waals surface area contributed by atoms with Crippen LogP contribution in [-0.2, 0) is 6.54 Å². The van der Waals surface area contributed by atoms with Crippen LogP contribution in [0.25, 0.3) is 0 Å². The lowest BCUT2D eigenvalue weighted by molar-refractivity contribution is 0.763. The highest BCUT2D eigenvalue weighted by Gasteiger charge is 2.08. The molecule has 0 aliphatic carbocycles. The topological polar surface area (TPSA) is 28.7 Å². The Morgan fingerprint density at radius 3 is 2.50 bits per heavy atom. The minimum absolute atomic E-state index is 0.765. The van der Waals surface area contributed by atoms with Crippen molar-refractivity contribution >= 4 is 0 Å². The molecule has 0 fully saturated rings. The van der Waals surface area contributed by atoms with Crippen LogP contribution in [0.1, 0.15) is 22.5 Å². The van der Waals surface area contributed by atoms with Crippen molar-refractivity contribution in [3.8, 4) is 6.07 Å². The first kappa shape index (κ1) is 10.5. The van der Waals surface area contributed by atoms with Crippen LogP contribution in [-0.4, -0.2) is 4.57 Å². The van der Waals surface area contributed by atoms with Crippen molar-refractivity contribution in [2.24, 2.45) is 0 Å². The number of nitrogens with zero attached hydrogens (tertiary/aromatic N) is 2. The number of benzene rings is 1. The van der Waals surface area contributed by atoms with E-state index < -0.39 is 0 Å². The predicted molar refractivity (Wildman–Crippen MR) is 64.2 cm³/mol. The van der Waals surface area contributed by atoms with Crippen LogP contribution in [0.3, 0.4) is 0 Å². The monoisotopic (exact) mass is 210 g/mol. The molecule has 0 bridgehead atoms. The summed E-state index contributed by atoms with van der Waals surface area (Å²) < 4.78 is 2.06. The molecule has 0 atom stereocenters. The highest BCUT2D eigenvalue weighted by Crippen LogP contribution is 2.15. The first-order valence-corrected chi connectivity index (χ1v) is 5.33. The van der Waals surface area contributed by atoms with Gasteiger partial charge in [-0.3, -0.25) is 0 Å². The summed E-state index contributed by atoms with van der Waals surface area (Å²) in [6.45, 7) is 4.78. The molecule has 0 N–H and O–H groups in total. The molecular formula is C14H14N2. The van der Waals surface area contributed by atoms with Crippen molar-refractivity contribution in [2.75, 3.05) is 0 Å². The second-order valence-corrected chi connectivity index (χ2v) is 4.00. The Hall–Kier alpha value is -2.01.